The van der Waals surface area contributed by atoms with Crippen molar-refractivity contribution in [2.75, 3.05) is 0 Å². The average Bonchev–Trinajstić information content (AvgIpc) is 3.96. The van der Waals surface area contributed by atoms with Crippen molar-refractivity contribution >= 4 is 59.2 Å². The van der Waals surface area contributed by atoms with Crippen molar-refractivity contribution in [1.29, 1.82) is 0 Å². The highest BCUT2D eigenvalue weighted by atomic mass is 32.1. The van der Waals surface area contributed by atoms with Gasteiger partial charge >= 0.3 is 0 Å². The van der Waals surface area contributed by atoms with E-state index in [1.165, 1.54) is 179 Å². The first-order valence-electron chi connectivity index (χ1n) is 26.3. The third-order valence-electron chi connectivity index (χ3n) is 15.8. The minimum absolute atomic E-state index is 0.646. The highest BCUT2D eigenvalue weighted by molar-refractivity contribution is 7.30. The third kappa shape index (κ3) is 10.6. The Hall–Kier alpha value is -1.61. The molecule has 0 amide bonds. The molecule has 0 spiro atoms. The lowest BCUT2D eigenvalue weighted by atomic mass is 9.96. The van der Waals surface area contributed by atoms with Gasteiger partial charge in [-0.05, 0) is 82.2 Å². The van der Waals surface area contributed by atoms with Crippen molar-refractivity contribution in [2.24, 2.45) is 0 Å². The number of aromatic nitrogens is 2. The van der Waals surface area contributed by atoms with E-state index in [0.717, 1.165) is 12.8 Å². The Morgan fingerprint density at radius 1 is 0.403 bits per heavy atom. The Kier molecular flexibility index (Phi) is 19.7. The second-order valence-corrected chi connectivity index (χ2v) is 35.9. The van der Waals surface area contributed by atoms with Crippen LogP contribution in [0.5, 0.6) is 0 Å². The zero-order valence-electron chi connectivity index (χ0n) is 42.6. The lowest BCUT2D eigenvalue weighted by Gasteiger charge is -2.41. The second-order valence-electron chi connectivity index (χ2n) is 21.6. The van der Waals surface area contributed by atoms with Gasteiger partial charge in [-0.1, -0.05) is 212 Å². The van der Waals surface area contributed by atoms with Crippen LogP contribution in [0.25, 0.3) is 32.0 Å². The molecule has 2 aliphatic rings. The summed E-state index contributed by atoms with van der Waals surface area (Å²) in [6.45, 7) is 34.6. The maximum Gasteiger partial charge on any atom is 0.131 e. The molecule has 5 rings (SSSR count). The SMILES string of the molecule is CCCCCCCCCCCC=C1c2cc3c(cc2-c2sc([Si](C(C)C)(C(C)C)C(C)C)nc21)C(=CCCCCCCCCCCC)c1nc([Si](C(C)C)(C(C)C)C(C)C)sc1-3. The number of thiazole rings is 2. The van der Waals surface area contributed by atoms with Gasteiger partial charge < -0.3 is 0 Å². The monoisotopic (exact) mass is 913 g/mol. The summed E-state index contributed by atoms with van der Waals surface area (Å²) in [5.41, 5.74) is 15.1. The standard InChI is InChI=1S/C56H92N2S2Si2/c1-15-17-19-21-23-25-27-29-31-33-35-45-47-37-50-48(38-49(47)53-51(45)57-55(59-53)61(39(3)4,40(5)6)41(7)8)46(36-34-32-30-28-26-24-22-20-18-16-2)52-54(50)60-56(58-52)62(42(9)10,43(11)12)44(13)14/h35-44H,15-34H2,1-14H3. The van der Waals surface area contributed by atoms with E-state index in [1.54, 1.807) is 0 Å². The molecule has 0 saturated heterocycles. The largest absolute Gasteiger partial charge is 0.246 e. The zero-order chi connectivity index (χ0) is 45.2. The normalized spacial score (nSPS) is 15.2. The molecule has 0 aliphatic heterocycles. The Morgan fingerprint density at radius 2 is 0.677 bits per heavy atom. The van der Waals surface area contributed by atoms with Gasteiger partial charge in [0.2, 0.25) is 0 Å². The van der Waals surface area contributed by atoms with Crippen LogP contribution in [0.3, 0.4) is 0 Å². The van der Waals surface area contributed by atoms with Crippen LogP contribution in [0.1, 0.15) is 248 Å². The van der Waals surface area contributed by atoms with E-state index in [-0.39, 0.29) is 0 Å². The Balaban J connectivity index is 1.57. The minimum atomic E-state index is -1.92. The van der Waals surface area contributed by atoms with E-state index in [2.05, 4.69) is 144 Å². The summed E-state index contributed by atoms with van der Waals surface area (Å²) >= 11 is 4.17. The van der Waals surface area contributed by atoms with Crippen LogP contribution in [0.15, 0.2) is 24.3 Å². The van der Waals surface area contributed by atoms with Crippen LogP contribution in [-0.2, 0) is 0 Å². The van der Waals surface area contributed by atoms with Gasteiger partial charge in [0.25, 0.3) is 0 Å². The fourth-order valence-electron chi connectivity index (χ4n) is 12.7. The number of allylic oxidation sites excluding steroid dienone is 2. The summed E-state index contributed by atoms with van der Waals surface area (Å²) in [5, 5.41) is 0. The molecule has 0 fully saturated rings. The van der Waals surface area contributed by atoms with E-state index in [9.17, 15) is 0 Å². The molecule has 0 unspecified atom stereocenters. The van der Waals surface area contributed by atoms with Crippen LogP contribution in [0.4, 0.5) is 0 Å². The summed E-state index contributed by atoms with van der Waals surface area (Å²) in [6.07, 6.45) is 32.2. The first-order valence-corrected chi connectivity index (χ1v) is 32.4. The molecule has 2 heterocycles. The third-order valence-corrected chi connectivity index (χ3v) is 33.5. The van der Waals surface area contributed by atoms with E-state index < -0.39 is 16.1 Å². The molecule has 2 aliphatic carbocycles. The predicted octanol–water partition coefficient (Wildman–Crippen LogP) is 19.0. The summed E-state index contributed by atoms with van der Waals surface area (Å²) in [5.74, 6) is 0. The van der Waals surface area contributed by atoms with Crippen LogP contribution >= 0.6 is 22.7 Å². The number of unbranched alkanes of at least 4 members (excludes halogenated alkanes) is 18. The van der Waals surface area contributed by atoms with Crippen LogP contribution in [0, 0.1) is 0 Å². The van der Waals surface area contributed by atoms with Gasteiger partial charge in [-0.25, -0.2) is 9.97 Å². The minimum Gasteiger partial charge on any atom is -0.246 e. The van der Waals surface area contributed by atoms with Gasteiger partial charge in [-0.3, -0.25) is 0 Å². The summed E-state index contributed by atoms with van der Waals surface area (Å²) in [4.78, 5) is 14.6. The van der Waals surface area contributed by atoms with Gasteiger partial charge in [-0.2, -0.15) is 0 Å². The molecule has 3 aromatic rings. The first kappa shape index (κ1) is 51.4. The molecule has 0 bridgehead atoms. The molecule has 0 saturated carbocycles. The number of rotatable bonds is 28. The molecule has 2 aromatic heterocycles. The maximum atomic E-state index is 5.85. The van der Waals surface area contributed by atoms with Crippen molar-refractivity contribution in [2.45, 2.75) is 259 Å². The lowest BCUT2D eigenvalue weighted by molar-refractivity contribution is 0.566. The summed E-state index contributed by atoms with van der Waals surface area (Å²) in [6, 6.07) is 5.25. The molecule has 6 heteroatoms. The topological polar surface area (TPSA) is 25.8 Å². The van der Waals surface area contributed by atoms with Gasteiger partial charge in [0, 0.05) is 22.3 Å². The highest BCUT2D eigenvalue weighted by Gasteiger charge is 2.50. The van der Waals surface area contributed by atoms with Gasteiger partial charge in [0.1, 0.15) is 16.1 Å². The average molecular weight is 914 g/mol. The van der Waals surface area contributed by atoms with E-state index >= 15 is 0 Å². The number of nitrogens with zero attached hydrogens (tertiary/aromatic N) is 2. The number of fused-ring (bicyclic) bond motifs is 6. The molecule has 2 nitrogen and oxygen atoms in total. The molecule has 346 valence electrons. The van der Waals surface area contributed by atoms with Crippen LogP contribution in [0.2, 0.25) is 33.2 Å². The summed E-state index contributed by atoms with van der Waals surface area (Å²) < 4.78 is 2.98. The fraction of sp³-hybridized carbons (Fsp3) is 0.714. The molecular weight excluding hydrogens is 821 g/mol. The maximum absolute atomic E-state index is 5.85. The predicted molar refractivity (Wildman–Crippen MR) is 288 cm³/mol. The van der Waals surface area contributed by atoms with Crippen molar-refractivity contribution in [3.63, 3.8) is 0 Å². The Morgan fingerprint density at radius 3 is 0.952 bits per heavy atom. The van der Waals surface area contributed by atoms with Crippen molar-refractivity contribution in [3.05, 3.63) is 46.8 Å². The smallest absolute Gasteiger partial charge is 0.131 e. The van der Waals surface area contributed by atoms with Crippen molar-refractivity contribution in [1.82, 2.24) is 9.97 Å². The first-order chi connectivity index (χ1) is 29.7. The Bertz CT molecular complexity index is 1740. The molecule has 0 N–H and O–H groups in total. The highest BCUT2D eigenvalue weighted by Crippen LogP contribution is 2.55. The van der Waals surface area contributed by atoms with Crippen molar-refractivity contribution in [3.8, 4) is 20.9 Å². The molecule has 1 aromatic carbocycles. The number of hydrogen-bond acceptors (Lipinski definition) is 4. The van der Waals surface area contributed by atoms with E-state index in [1.807, 2.05) is 0 Å². The summed E-state index contributed by atoms with van der Waals surface area (Å²) in [7, 11) is -3.83. The fourth-order valence-corrected chi connectivity index (χ4v) is 32.3. The van der Waals surface area contributed by atoms with Crippen LogP contribution in [-0.4, -0.2) is 26.1 Å². The molecule has 0 atom stereocenters. The lowest BCUT2D eigenvalue weighted by Crippen LogP contribution is -2.55. The molecule has 0 radical (unpaired) electrons. The van der Waals surface area contributed by atoms with Gasteiger partial charge in [0.05, 0.1) is 30.4 Å². The van der Waals surface area contributed by atoms with Crippen molar-refractivity contribution < 1.29 is 0 Å². The quantitative estimate of drug-likeness (QED) is 0.0369. The van der Waals surface area contributed by atoms with Gasteiger partial charge in [-0.15, -0.1) is 22.7 Å². The van der Waals surface area contributed by atoms with E-state index in [0.29, 0.717) is 33.2 Å². The molecule has 62 heavy (non-hydrogen) atoms. The van der Waals surface area contributed by atoms with Crippen LogP contribution < -0.4 is 9.26 Å². The van der Waals surface area contributed by atoms with Gasteiger partial charge in [0.15, 0.2) is 0 Å². The number of benzene rings is 1. The Labute approximate surface area is 393 Å². The number of hydrogen-bond donors (Lipinski definition) is 0. The second kappa shape index (κ2) is 23.7. The zero-order valence-corrected chi connectivity index (χ0v) is 46.3. The van der Waals surface area contributed by atoms with E-state index in [4.69, 9.17) is 9.97 Å². The molecular formula is C56H92N2S2Si2.